The molecule has 0 bridgehead atoms. The molecule has 2 heterocycles. The molecule has 1 amide bonds. The Labute approximate surface area is 215 Å². The van der Waals surface area contributed by atoms with E-state index in [0.29, 0.717) is 18.9 Å². The highest BCUT2D eigenvalue weighted by atomic mass is 16.5. The van der Waals surface area contributed by atoms with E-state index in [0.717, 1.165) is 39.4 Å². The first kappa shape index (κ1) is 25.0. The number of ether oxygens (including phenoxy) is 1. The Bertz CT molecular complexity index is 1120. The average Bonchev–Trinajstić information content (AvgIpc) is 3.28. The van der Waals surface area contributed by atoms with Crippen LogP contribution in [-0.2, 0) is 16.1 Å². The van der Waals surface area contributed by atoms with Crippen molar-refractivity contribution in [3.63, 3.8) is 0 Å². The average molecular weight is 488 g/mol. The predicted molar refractivity (Wildman–Crippen MR) is 146 cm³/mol. The Kier molecular flexibility index (Phi) is 8.40. The summed E-state index contributed by atoms with van der Waals surface area (Å²) in [5, 5.41) is 4.55. The van der Waals surface area contributed by atoms with E-state index < -0.39 is 0 Å². The Morgan fingerprint density at radius 3 is 2.56 bits per heavy atom. The number of amides is 1. The topological polar surface area (TPSA) is 46.5 Å². The summed E-state index contributed by atoms with van der Waals surface area (Å²) in [7, 11) is 0. The molecular weight excluding hydrogens is 446 g/mol. The summed E-state index contributed by atoms with van der Waals surface area (Å²) in [6.45, 7) is 8.11. The van der Waals surface area contributed by atoms with Crippen molar-refractivity contribution < 1.29 is 9.53 Å². The van der Waals surface area contributed by atoms with Crippen LogP contribution in [0.3, 0.4) is 0 Å². The molecule has 0 radical (unpaired) electrons. The summed E-state index contributed by atoms with van der Waals surface area (Å²) in [5.74, 6) is 1.02. The van der Waals surface area contributed by atoms with Crippen LogP contribution in [0.25, 0.3) is 10.9 Å². The van der Waals surface area contributed by atoms with Crippen LogP contribution < -0.4 is 5.32 Å². The number of morpholine rings is 1. The molecule has 1 N–H and O–H groups in total. The first-order valence-electron chi connectivity index (χ1n) is 13.9. The van der Waals surface area contributed by atoms with E-state index in [-0.39, 0.29) is 11.8 Å². The minimum absolute atomic E-state index is 0.189. The lowest BCUT2D eigenvalue weighted by Crippen LogP contribution is -2.41. The SMILES string of the molecule is Cc1ccc(Cn2cc([C@@H](CC(=O)NCCN3CCOCC3)C3CCCCC3)c3ccccc32)cc1. The quantitative estimate of drug-likeness (QED) is 0.434. The monoisotopic (exact) mass is 487 g/mol. The van der Waals surface area contributed by atoms with Crippen LogP contribution in [0.15, 0.2) is 54.7 Å². The van der Waals surface area contributed by atoms with E-state index in [9.17, 15) is 4.79 Å². The maximum Gasteiger partial charge on any atom is 0.220 e. The fourth-order valence-electron chi connectivity index (χ4n) is 6.11. The van der Waals surface area contributed by atoms with Gasteiger partial charge in [-0.25, -0.2) is 0 Å². The summed E-state index contributed by atoms with van der Waals surface area (Å²) < 4.78 is 7.84. The van der Waals surface area contributed by atoms with Gasteiger partial charge in [-0.3, -0.25) is 9.69 Å². The largest absolute Gasteiger partial charge is 0.379 e. The van der Waals surface area contributed by atoms with Gasteiger partial charge in [0.25, 0.3) is 0 Å². The number of fused-ring (bicyclic) bond motifs is 1. The van der Waals surface area contributed by atoms with Gasteiger partial charge in [0.05, 0.1) is 13.2 Å². The van der Waals surface area contributed by atoms with Crippen LogP contribution in [0.1, 0.15) is 61.1 Å². The van der Waals surface area contributed by atoms with Crippen LogP contribution in [0.2, 0.25) is 0 Å². The lowest BCUT2D eigenvalue weighted by atomic mass is 9.75. The standard InChI is InChI=1S/C31H41N3O2/c1-24-11-13-25(14-12-24)22-34-23-29(27-9-5-6-10-30(27)34)28(26-7-3-2-4-8-26)21-31(35)32-15-16-33-17-19-36-20-18-33/h5-6,9-14,23,26,28H,2-4,7-8,15-22H2,1H3,(H,32,35)/t28-/m0/s1. The number of nitrogens with one attached hydrogen (secondary N) is 1. The highest BCUT2D eigenvalue weighted by molar-refractivity contribution is 5.86. The zero-order valence-corrected chi connectivity index (χ0v) is 21.8. The van der Waals surface area contributed by atoms with E-state index in [1.165, 1.54) is 59.7 Å². The van der Waals surface area contributed by atoms with Gasteiger partial charge in [-0.1, -0.05) is 67.3 Å². The number of hydrogen-bond donors (Lipinski definition) is 1. The molecule has 1 aliphatic carbocycles. The van der Waals surface area contributed by atoms with Crippen LogP contribution >= 0.6 is 0 Å². The smallest absolute Gasteiger partial charge is 0.220 e. The number of hydrogen-bond acceptors (Lipinski definition) is 3. The zero-order chi connectivity index (χ0) is 24.7. The molecule has 0 spiro atoms. The van der Waals surface area contributed by atoms with Crippen molar-refractivity contribution in [2.45, 2.75) is 57.9 Å². The lowest BCUT2D eigenvalue weighted by Gasteiger charge is -2.30. The van der Waals surface area contributed by atoms with Crippen LogP contribution in [0, 0.1) is 12.8 Å². The van der Waals surface area contributed by atoms with Crippen LogP contribution in [-0.4, -0.2) is 54.8 Å². The second kappa shape index (κ2) is 12.1. The normalized spacial score (nSPS) is 18.4. The van der Waals surface area contributed by atoms with Gasteiger partial charge in [-0.15, -0.1) is 0 Å². The molecule has 2 aliphatic rings. The predicted octanol–water partition coefficient (Wildman–Crippen LogP) is 5.50. The number of benzene rings is 2. The first-order chi connectivity index (χ1) is 17.7. The van der Waals surface area contributed by atoms with Crippen molar-refractivity contribution in [3.05, 3.63) is 71.4 Å². The maximum absolute atomic E-state index is 13.2. The van der Waals surface area contributed by atoms with E-state index in [1.54, 1.807) is 0 Å². The van der Waals surface area contributed by atoms with Gasteiger partial charge in [0.15, 0.2) is 0 Å². The summed E-state index contributed by atoms with van der Waals surface area (Å²) in [6.07, 6.45) is 9.26. The second-order valence-electron chi connectivity index (χ2n) is 10.7. The number of nitrogens with zero attached hydrogens (tertiary/aromatic N) is 2. The molecule has 1 aromatic heterocycles. The van der Waals surface area contributed by atoms with Crippen molar-refractivity contribution in [2.24, 2.45) is 5.92 Å². The number of para-hydroxylation sites is 1. The fraction of sp³-hybridized carbons (Fsp3) is 0.516. The summed E-state index contributed by atoms with van der Waals surface area (Å²) in [5.41, 5.74) is 5.21. The minimum atomic E-state index is 0.189. The van der Waals surface area contributed by atoms with Crippen molar-refractivity contribution in [1.29, 1.82) is 0 Å². The molecule has 36 heavy (non-hydrogen) atoms. The Hall–Kier alpha value is -2.63. The number of carbonyl (C=O) groups is 1. The first-order valence-corrected chi connectivity index (χ1v) is 13.9. The number of rotatable bonds is 9. The van der Waals surface area contributed by atoms with Crippen molar-refractivity contribution in [2.75, 3.05) is 39.4 Å². The van der Waals surface area contributed by atoms with Crippen molar-refractivity contribution >= 4 is 16.8 Å². The molecule has 2 fully saturated rings. The highest BCUT2D eigenvalue weighted by Crippen LogP contribution is 2.41. The Balaban J connectivity index is 1.36. The molecule has 5 heteroatoms. The molecule has 1 aliphatic heterocycles. The molecule has 2 aromatic carbocycles. The molecule has 3 aromatic rings. The molecule has 1 saturated carbocycles. The van der Waals surface area contributed by atoms with Crippen LogP contribution in [0.4, 0.5) is 0 Å². The van der Waals surface area contributed by atoms with Gasteiger partial charge in [0.2, 0.25) is 5.91 Å². The summed E-state index contributed by atoms with van der Waals surface area (Å²) in [4.78, 5) is 15.6. The van der Waals surface area contributed by atoms with Gasteiger partial charge < -0.3 is 14.6 Å². The third-order valence-corrected chi connectivity index (χ3v) is 8.17. The van der Waals surface area contributed by atoms with E-state index in [4.69, 9.17) is 4.74 Å². The summed E-state index contributed by atoms with van der Waals surface area (Å²) >= 11 is 0. The van der Waals surface area contributed by atoms with Gasteiger partial charge in [-0.2, -0.15) is 0 Å². The number of aryl methyl sites for hydroxylation is 1. The van der Waals surface area contributed by atoms with Crippen molar-refractivity contribution in [3.8, 4) is 0 Å². The second-order valence-corrected chi connectivity index (χ2v) is 10.7. The van der Waals surface area contributed by atoms with E-state index >= 15 is 0 Å². The fourth-order valence-corrected chi connectivity index (χ4v) is 6.11. The molecule has 5 rings (SSSR count). The van der Waals surface area contributed by atoms with Crippen molar-refractivity contribution in [1.82, 2.24) is 14.8 Å². The highest BCUT2D eigenvalue weighted by Gasteiger charge is 2.29. The van der Waals surface area contributed by atoms with Gasteiger partial charge >= 0.3 is 0 Å². The van der Waals surface area contributed by atoms with E-state index in [1.807, 2.05) is 0 Å². The minimum Gasteiger partial charge on any atom is -0.379 e. The molecule has 5 nitrogen and oxygen atoms in total. The van der Waals surface area contributed by atoms with Gasteiger partial charge in [0.1, 0.15) is 0 Å². The Morgan fingerprint density at radius 1 is 1.03 bits per heavy atom. The molecule has 1 atom stereocenters. The Morgan fingerprint density at radius 2 is 1.78 bits per heavy atom. The van der Waals surface area contributed by atoms with Gasteiger partial charge in [0, 0.05) is 56.2 Å². The van der Waals surface area contributed by atoms with Crippen LogP contribution in [0.5, 0.6) is 0 Å². The van der Waals surface area contributed by atoms with Gasteiger partial charge in [-0.05, 0) is 48.8 Å². The molecular formula is C31H41N3O2. The zero-order valence-electron chi connectivity index (χ0n) is 21.8. The molecule has 0 unspecified atom stereocenters. The number of carbonyl (C=O) groups excluding carboxylic acids is 1. The third kappa shape index (κ3) is 6.19. The lowest BCUT2D eigenvalue weighted by molar-refractivity contribution is -0.121. The summed E-state index contributed by atoms with van der Waals surface area (Å²) in [6, 6.07) is 17.6. The van der Waals surface area contributed by atoms with E-state index in [2.05, 4.69) is 76.4 Å². The molecule has 192 valence electrons. The third-order valence-electron chi connectivity index (χ3n) is 8.17. The number of aromatic nitrogens is 1. The molecule has 1 saturated heterocycles. The maximum atomic E-state index is 13.2.